The first-order chi connectivity index (χ1) is 14.3. The summed E-state index contributed by atoms with van der Waals surface area (Å²) in [6.45, 7) is 0.472. The third kappa shape index (κ3) is 5.93. The molecular weight excluding hydrogens is 423 g/mol. The largest absolute Gasteiger partial charge is 0.421 e. The van der Waals surface area contributed by atoms with Gasteiger partial charge in [-0.1, -0.05) is 29.8 Å². The van der Waals surface area contributed by atoms with Crippen LogP contribution in [-0.4, -0.2) is 34.2 Å². The van der Waals surface area contributed by atoms with Crippen LogP contribution >= 0.6 is 11.6 Å². The molecule has 2 N–H and O–H groups in total. The normalized spacial score (nSPS) is 11.3. The molecule has 0 aliphatic rings. The molecular formula is C19H17ClF3N5O2. The summed E-state index contributed by atoms with van der Waals surface area (Å²) in [5.41, 5.74) is -0.134. The van der Waals surface area contributed by atoms with Gasteiger partial charge in [0.2, 0.25) is 17.7 Å². The van der Waals surface area contributed by atoms with E-state index in [0.717, 1.165) is 11.6 Å². The summed E-state index contributed by atoms with van der Waals surface area (Å²) in [6.07, 6.45) is -3.38. The summed E-state index contributed by atoms with van der Waals surface area (Å²) in [6, 6.07) is 10.1. The van der Waals surface area contributed by atoms with E-state index in [2.05, 4.69) is 25.8 Å². The van der Waals surface area contributed by atoms with Crippen molar-refractivity contribution in [3.05, 3.63) is 59.1 Å². The summed E-state index contributed by atoms with van der Waals surface area (Å²) in [4.78, 5) is 15.6. The highest BCUT2D eigenvalue weighted by molar-refractivity contribution is 6.32. The Kier molecular flexibility index (Phi) is 6.88. The van der Waals surface area contributed by atoms with Gasteiger partial charge >= 0.3 is 6.18 Å². The molecule has 0 saturated carbocycles. The number of rotatable bonds is 8. The number of carbonyl (C=O) groups excluding carboxylic acids is 1. The standard InChI is InChI=1S/C19H17ClF3N5O2/c20-14-10-13(19(21,22)23)11-26-17(14)25-9-8-24-15(29)6-7-16-27-28-18(30-16)12-4-2-1-3-5-12/h1-5,10-11H,6-9H2,(H,24,29)(H,25,26). The van der Waals surface area contributed by atoms with Crippen LogP contribution in [0.15, 0.2) is 47.0 Å². The lowest BCUT2D eigenvalue weighted by molar-refractivity contribution is -0.137. The van der Waals surface area contributed by atoms with Gasteiger partial charge in [0.25, 0.3) is 0 Å². The van der Waals surface area contributed by atoms with E-state index in [0.29, 0.717) is 18.0 Å². The van der Waals surface area contributed by atoms with E-state index in [1.165, 1.54) is 0 Å². The number of hydrogen-bond donors (Lipinski definition) is 2. The van der Waals surface area contributed by atoms with Crippen molar-refractivity contribution in [3.63, 3.8) is 0 Å². The molecule has 0 saturated heterocycles. The van der Waals surface area contributed by atoms with Gasteiger partial charge in [-0.25, -0.2) is 4.98 Å². The zero-order valence-corrected chi connectivity index (χ0v) is 16.3. The number of nitrogens with one attached hydrogen (secondary N) is 2. The van der Waals surface area contributed by atoms with E-state index >= 15 is 0 Å². The van der Waals surface area contributed by atoms with Gasteiger partial charge in [-0.2, -0.15) is 13.2 Å². The number of aromatic nitrogens is 3. The first-order valence-corrected chi connectivity index (χ1v) is 9.32. The van der Waals surface area contributed by atoms with E-state index in [1.54, 1.807) is 0 Å². The predicted molar refractivity (Wildman–Crippen MR) is 104 cm³/mol. The van der Waals surface area contributed by atoms with Gasteiger partial charge in [0, 0.05) is 37.7 Å². The van der Waals surface area contributed by atoms with E-state index in [-0.39, 0.29) is 42.7 Å². The van der Waals surface area contributed by atoms with Crippen LogP contribution in [0.2, 0.25) is 5.02 Å². The zero-order valence-electron chi connectivity index (χ0n) is 15.5. The van der Waals surface area contributed by atoms with E-state index in [1.807, 2.05) is 30.3 Å². The van der Waals surface area contributed by atoms with Crippen LogP contribution in [0.1, 0.15) is 17.9 Å². The van der Waals surface area contributed by atoms with Gasteiger partial charge in [0.15, 0.2) is 0 Å². The summed E-state index contributed by atoms with van der Waals surface area (Å²) >= 11 is 5.81. The second-order valence-electron chi connectivity index (χ2n) is 6.20. The monoisotopic (exact) mass is 439 g/mol. The molecule has 30 heavy (non-hydrogen) atoms. The highest BCUT2D eigenvalue weighted by Crippen LogP contribution is 2.32. The van der Waals surface area contributed by atoms with Gasteiger partial charge in [-0.3, -0.25) is 4.79 Å². The molecule has 0 unspecified atom stereocenters. The predicted octanol–water partition coefficient (Wildman–Crippen LogP) is 3.96. The average Bonchev–Trinajstić information content (AvgIpc) is 3.19. The van der Waals surface area contributed by atoms with Crippen molar-refractivity contribution in [2.24, 2.45) is 0 Å². The minimum atomic E-state index is -4.51. The first kappa shape index (κ1) is 21.6. The lowest BCUT2D eigenvalue weighted by Crippen LogP contribution is -2.29. The number of halogens is 4. The summed E-state index contributed by atoms with van der Waals surface area (Å²) in [5, 5.41) is 13.2. The Morgan fingerprint density at radius 2 is 1.90 bits per heavy atom. The Morgan fingerprint density at radius 3 is 2.60 bits per heavy atom. The van der Waals surface area contributed by atoms with Crippen LogP contribution in [0, 0.1) is 0 Å². The minimum absolute atomic E-state index is 0.109. The van der Waals surface area contributed by atoms with E-state index < -0.39 is 11.7 Å². The molecule has 11 heteroatoms. The number of alkyl halides is 3. The van der Waals surface area contributed by atoms with Crippen LogP contribution in [0.25, 0.3) is 11.5 Å². The molecule has 0 aliphatic carbocycles. The molecule has 1 aromatic carbocycles. The van der Waals surface area contributed by atoms with Crippen LogP contribution in [0.4, 0.5) is 19.0 Å². The van der Waals surface area contributed by atoms with Crippen LogP contribution in [-0.2, 0) is 17.4 Å². The van der Waals surface area contributed by atoms with Crippen molar-refractivity contribution in [3.8, 4) is 11.5 Å². The highest BCUT2D eigenvalue weighted by atomic mass is 35.5. The van der Waals surface area contributed by atoms with Crippen molar-refractivity contribution in [2.75, 3.05) is 18.4 Å². The molecule has 0 radical (unpaired) electrons. The third-order valence-corrected chi connectivity index (χ3v) is 4.25. The maximum absolute atomic E-state index is 12.6. The fourth-order valence-electron chi connectivity index (χ4n) is 2.47. The Bertz CT molecular complexity index is 995. The first-order valence-electron chi connectivity index (χ1n) is 8.94. The molecule has 158 valence electrons. The molecule has 0 bridgehead atoms. The lowest BCUT2D eigenvalue weighted by Gasteiger charge is -2.11. The number of amides is 1. The number of nitrogens with zero attached hydrogens (tertiary/aromatic N) is 3. The maximum atomic E-state index is 12.6. The number of hydrogen-bond acceptors (Lipinski definition) is 6. The minimum Gasteiger partial charge on any atom is -0.421 e. The van der Waals surface area contributed by atoms with Crippen molar-refractivity contribution in [1.29, 1.82) is 0 Å². The molecule has 0 aliphatic heterocycles. The summed E-state index contributed by atoms with van der Waals surface area (Å²) in [7, 11) is 0. The fraction of sp³-hybridized carbons (Fsp3) is 0.263. The molecule has 0 fully saturated rings. The second kappa shape index (κ2) is 9.57. The van der Waals surface area contributed by atoms with E-state index in [4.69, 9.17) is 16.0 Å². The molecule has 3 rings (SSSR count). The molecule has 0 atom stereocenters. The van der Waals surface area contributed by atoms with Gasteiger partial charge in [-0.15, -0.1) is 10.2 Å². The number of pyridine rings is 1. The van der Waals surface area contributed by atoms with Crippen LogP contribution < -0.4 is 10.6 Å². The number of benzene rings is 1. The molecule has 2 aromatic heterocycles. The van der Waals surface area contributed by atoms with Crippen molar-refractivity contribution >= 4 is 23.3 Å². The number of aryl methyl sites for hydroxylation is 1. The van der Waals surface area contributed by atoms with Gasteiger partial charge in [0.05, 0.1) is 10.6 Å². The molecule has 1 amide bonds. The Morgan fingerprint density at radius 1 is 1.13 bits per heavy atom. The van der Waals surface area contributed by atoms with Gasteiger partial charge in [0.1, 0.15) is 5.82 Å². The van der Waals surface area contributed by atoms with Crippen molar-refractivity contribution in [2.45, 2.75) is 19.0 Å². The fourth-order valence-corrected chi connectivity index (χ4v) is 2.70. The van der Waals surface area contributed by atoms with Crippen LogP contribution in [0.5, 0.6) is 0 Å². The van der Waals surface area contributed by atoms with Gasteiger partial charge < -0.3 is 15.1 Å². The molecule has 2 heterocycles. The van der Waals surface area contributed by atoms with Crippen molar-refractivity contribution < 1.29 is 22.4 Å². The third-order valence-electron chi connectivity index (χ3n) is 3.96. The summed E-state index contributed by atoms with van der Waals surface area (Å²) in [5.74, 6) is 0.611. The number of anilines is 1. The molecule has 0 spiro atoms. The maximum Gasteiger partial charge on any atom is 0.417 e. The second-order valence-corrected chi connectivity index (χ2v) is 6.60. The van der Waals surface area contributed by atoms with E-state index in [9.17, 15) is 18.0 Å². The average molecular weight is 440 g/mol. The Labute approximate surface area is 174 Å². The smallest absolute Gasteiger partial charge is 0.417 e. The molecule has 3 aromatic rings. The Hall–Kier alpha value is -3.14. The van der Waals surface area contributed by atoms with Gasteiger partial charge in [-0.05, 0) is 18.2 Å². The number of carbonyl (C=O) groups is 1. The highest BCUT2D eigenvalue weighted by Gasteiger charge is 2.31. The summed E-state index contributed by atoms with van der Waals surface area (Å²) < 4.78 is 43.3. The van der Waals surface area contributed by atoms with Crippen molar-refractivity contribution in [1.82, 2.24) is 20.5 Å². The van der Waals surface area contributed by atoms with Crippen LogP contribution in [0.3, 0.4) is 0 Å². The SMILES string of the molecule is O=C(CCc1nnc(-c2ccccc2)o1)NCCNc1ncc(C(F)(F)F)cc1Cl. The zero-order chi connectivity index (χ0) is 21.6. The molecule has 7 nitrogen and oxygen atoms in total. The Balaban J connectivity index is 1.39. The lowest BCUT2D eigenvalue weighted by atomic mass is 10.2. The topological polar surface area (TPSA) is 92.9 Å². The quantitative estimate of drug-likeness (QED) is 0.516.